The summed E-state index contributed by atoms with van der Waals surface area (Å²) in [7, 11) is 0. The fourth-order valence-corrected chi connectivity index (χ4v) is 14.9. The van der Waals surface area contributed by atoms with Gasteiger partial charge in [-0.05, 0) is 135 Å². The molecule has 0 aliphatic rings. The monoisotopic (exact) mass is 1120 g/mol. The largest absolute Gasteiger partial charge is 0.309 e. The molecule has 0 N–H and O–H groups in total. The van der Waals surface area contributed by atoms with Crippen LogP contribution in [-0.2, 0) is 0 Å². The molecule has 0 aliphatic heterocycles. The highest BCUT2D eigenvalue weighted by molar-refractivity contribution is 6.24. The molecule has 0 saturated carbocycles. The van der Waals surface area contributed by atoms with Crippen molar-refractivity contribution in [2.45, 2.75) is 0 Å². The zero-order chi connectivity index (χ0) is 57.6. The van der Waals surface area contributed by atoms with Crippen LogP contribution in [-0.4, -0.2) is 28.2 Å². The molecule has 19 aromatic rings. The molecule has 0 spiro atoms. The molecule has 408 valence electrons. The van der Waals surface area contributed by atoms with Gasteiger partial charge in [-0.3, -0.25) is 4.57 Å². The van der Waals surface area contributed by atoms with E-state index in [1.807, 2.05) is 0 Å². The van der Waals surface area contributed by atoms with Crippen LogP contribution in [0.4, 0.5) is 0 Å². The predicted molar refractivity (Wildman–Crippen MR) is 368 cm³/mol. The normalized spacial score (nSPS) is 12.1. The molecule has 6 heteroatoms. The minimum absolute atomic E-state index is 0.669. The first-order chi connectivity index (χ1) is 43.7. The SMILES string of the molecule is c1ccc(-n2c3ccccc3c3c(-c4cccc5c4c4ccccc4n5-c4ccc5cc(-c6nc(-n7c8ccccc8c8c(-c9cccc%10c9c9ccccc9n%10-c9ccccc9)cccc87)c7ccc8ccccc8c7n6)ccc5c4)cccc32)cc1. The number of aromatic nitrogens is 6. The van der Waals surface area contributed by atoms with E-state index in [2.05, 4.69) is 322 Å². The molecular weight excluding hydrogens is 1070 g/mol. The van der Waals surface area contributed by atoms with Gasteiger partial charge < -0.3 is 13.7 Å². The van der Waals surface area contributed by atoms with Crippen LogP contribution >= 0.6 is 0 Å². The number of hydrogen-bond donors (Lipinski definition) is 0. The highest BCUT2D eigenvalue weighted by atomic mass is 15.1. The topological polar surface area (TPSA) is 45.5 Å². The molecule has 19 rings (SSSR count). The maximum atomic E-state index is 5.71. The molecule has 0 amide bonds. The summed E-state index contributed by atoms with van der Waals surface area (Å²) in [5, 5.41) is 15.2. The van der Waals surface area contributed by atoms with E-state index in [9.17, 15) is 0 Å². The quantitative estimate of drug-likeness (QED) is 0.149. The zero-order valence-corrected chi connectivity index (χ0v) is 47.6. The van der Waals surface area contributed by atoms with Crippen molar-refractivity contribution in [1.29, 1.82) is 0 Å². The molecule has 5 aromatic heterocycles. The Morgan fingerprint density at radius 1 is 0.216 bits per heavy atom. The number of hydrogen-bond acceptors (Lipinski definition) is 2. The summed E-state index contributed by atoms with van der Waals surface area (Å²) in [6.45, 7) is 0. The van der Waals surface area contributed by atoms with Gasteiger partial charge in [-0.1, -0.05) is 206 Å². The zero-order valence-electron chi connectivity index (χ0n) is 47.6. The predicted octanol–water partition coefficient (Wildman–Crippen LogP) is 21.3. The number of fused-ring (bicyclic) bond motifs is 16. The van der Waals surface area contributed by atoms with E-state index in [0.717, 1.165) is 88.3 Å². The van der Waals surface area contributed by atoms with E-state index in [1.165, 1.54) is 82.0 Å². The van der Waals surface area contributed by atoms with Crippen molar-refractivity contribution in [1.82, 2.24) is 28.2 Å². The third-order valence-electron chi connectivity index (χ3n) is 18.5. The van der Waals surface area contributed by atoms with E-state index >= 15 is 0 Å². The lowest BCUT2D eigenvalue weighted by Crippen LogP contribution is -2.03. The van der Waals surface area contributed by atoms with Crippen LogP contribution in [0.25, 0.3) is 176 Å². The molecule has 5 heterocycles. The van der Waals surface area contributed by atoms with Crippen LogP contribution in [0, 0.1) is 0 Å². The van der Waals surface area contributed by atoms with Crippen molar-refractivity contribution in [2.24, 2.45) is 0 Å². The van der Waals surface area contributed by atoms with Gasteiger partial charge in [0.15, 0.2) is 5.82 Å². The molecule has 0 fully saturated rings. The van der Waals surface area contributed by atoms with E-state index in [-0.39, 0.29) is 0 Å². The van der Waals surface area contributed by atoms with Gasteiger partial charge in [0.2, 0.25) is 0 Å². The number of benzene rings is 14. The van der Waals surface area contributed by atoms with Gasteiger partial charge in [0.05, 0.1) is 49.7 Å². The van der Waals surface area contributed by atoms with Crippen molar-refractivity contribution in [2.75, 3.05) is 0 Å². The second-order valence-corrected chi connectivity index (χ2v) is 23.2. The van der Waals surface area contributed by atoms with Crippen molar-refractivity contribution in [3.63, 3.8) is 0 Å². The van der Waals surface area contributed by atoms with Gasteiger partial charge in [0.1, 0.15) is 5.82 Å². The van der Waals surface area contributed by atoms with E-state index < -0.39 is 0 Å². The van der Waals surface area contributed by atoms with Gasteiger partial charge in [0, 0.05) is 76.5 Å². The van der Waals surface area contributed by atoms with Crippen LogP contribution in [0.2, 0.25) is 0 Å². The third kappa shape index (κ3) is 6.99. The minimum Gasteiger partial charge on any atom is -0.309 e. The van der Waals surface area contributed by atoms with E-state index in [0.29, 0.717) is 5.82 Å². The Balaban J connectivity index is 0.777. The first-order valence-corrected chi connectivity index (χ1v) is 30.1. The maximum absolute atomic E-state index is 5.71. The number of rotatable bonds is 7. The molecule has 88 heavy (non-hydrogen) atoms. The first kappa shape index (κ1) is 48.5. The summed E-state index contributed by atoms with van der Waals surface area (Å²) in [6, 6.07) is 110. The van der Waals surface area contributed by atoms with E-state index in [4.69, 9.17) is 9.97 Å². The van der Waals surface area contributed by atoms with E-state index in [1.54, 1.807) is 0 Å². The Morgan fingerprint density at radius 2 is 0.591 bits per heavy atom. The highest BCUT2D eigenvalue weighted by Crippen LogP contribution is 2.47. The van der Waals surface area contributed by atoms with Crippen molar-refractivity contribution >= 4 is 120 Å². The summed E-state index contributed by atoms with van der Waals surface area (Å²) in [4.78, 5) is 11.3. The Kier molecular flexibility index (Phi) is 10.4. The molecule has 0 bridgehead atoms. The van der Waals surface area contributed by atoms with Crippen molar-refractivity contribution in [3.8, 4) is 56.5 Å². The average Bonchev–Trinajstić information content (AvgIpc) is 2.27. The summed E-state index contributed by atoms with van der Waals surface area (Å²) >= 11 is 0. The number of para-hydroxylation sites is 6. The molecule has 0 atom stereocenters. The van der Waals surface area contributed by atoms with Gasteiger partial charge in [-0.25, -0.2) is 9.97 Å². The molecule has 6 nitrogen and oxygen atoms in total. The van der Waals surface area contributed by atoms with Crippen LogP contribution in [0.15, 0.2) is 303 Å². The van der Waals surface area contributed by atoms with Crippen LogP contribution in [0.5, 0.6) is 0 Å². The molecule has 0 saturated heterocycles. The standard InChI is InChI=1S/C82H50N6/c1-3-22-55(23-4-1)85-68-35-13-9-27-63(68)76-59(31-17-39-72(76)85)60-33-19-41-74-78(60)65-29-11-15-37-70(65)87(74)57-47-45-52-49-54(44-43-53(52)50-57)81-83-80-58-26-8-7-21-51(58)46-48-67(80)82(84-81)88-71-38-16-12-30-66(71)79-62(34-20-42-75(79)88)61-32-18-40-73-77(61)64-28-10-14-36-69(64)86(73)56-24-5-2-6-25-56/h1-50H. The second kappa shape index (κ2) is 18.8. The first-order valence-electron chi connectivity index (χ1n) is 30.1. The minimum atomic E-state index is 0.669. The summed E-state index contributed by atoms with van der Waals surface area (Å²) in [5.41, 5.74) is 19.3. The molecule has 0 unspecified atom stereocenters. The molecular formula is C82H50N6. The summed E-state index contributed by atoms with van der Waals surface area (Å²) < 4.78 is 9.64. The summed E-state index contributed by atoms with van der Waals surface area (Å²) in [5.74, 6) is 1.51. The molecule has 14 aromatic carbocycles. The van der Waals surface area contributed by atoms with Crippen molar-refractivity contribution in [3.05, 3.63) is 303 Å². The average molecular weight is 1120 g/mol. The lowest BCUT2D eigenvalue weighted by atomic mass is 9.95. The second-order valence-electron chi connectivity index (χ2n) is 23.2. The smallest absolute Gasteiger partial charge is 0.162 e. The highest BCUT2D eigenvalue weighted by Gasteiger charge is 2.25. The lowest BCUT2D eigenvalue weighted by molar-refractivity contribution is 1.08. The maximum Gasteiger partial charge on any atom is 0.162 e. The van der Waals surface area contributed by atoms with Gasteiger partial charge in [0.25, 0.3) is 0 Å². The van der Waals surface area contributed by atoms with Gasteiger partial charge >= 0.3 is 0 Å². The Bertz CT molecular complexity index is 6120. The number of nitrogens with zero attached hydrogens (tertiary/aromatic N) is 6. The molecule has 0 radical (unpaired) electrons. The Hall–Kier alpha value is -11.9. The summed E-state index contributed by atoms with van der Waals surface area (Å²) in [6.07, 6.45) is 0. The van der Waals surface area contributed by atoms with Crippen LogP contribution < -0.4 is 0 Å². The molecule has 0 aliphatic carbocycles. The van der Waals surface area contributed by atoms with Crippen molar-refractivity contribution < 1.29 is 0 Å². The lowest BCUT2D eigenvalue weighted by Gasteiger charge is -2.15. The Labute approximate surface area is 504 Å². The fourth-order valence-electron chi connectivity index (χ4n) is 14.9. The van der Waals surface area contributed by atoms with Gasteiger partial charge in [-0.2, -0.15) is 0 Å². The third-order valence-corrected chi connectivity index (χ3v) is 18.5. The van der Waals surface area contributed by atoms with Crippen LogP contribution in [0.3, 0.4) is 0 Å². The fraction of sp³-hybridized carbons (Fsp3) is 0. The van der Waals surface area contributed by atoms with Gasteiger partial charge in [-0.15, -0.1) is 0 Å². The van der Waals surface area contributed by atoms with Crippen LogP contribution in [0.1, 0.15) is 0 Å². The Morgan fingerprint density at radius 3 is 1.09 bits per heavy atom.